The average molecular weight is 229 g/mol. The lowest BCUT2D eigenvalue weighted by Crippen LogP contribution is -2.15. The maximum atomic E-state index is 9.45. The Morgan fingerprint density at radius 3 is 2.59 bits per heavy atom. The van der Waals surface area contributed by atoms with Crippen LogP contribution in [0.5, 0.6) is 5.75 Å². The van der Waals surface area contributed by atoms with E-state index in [1.807, 2.05) is 24.3 Å². The van der Waals surface area contributed by atoms with Crippen molar-refractivity contribution in [2.24, 2.45) is 5.92 Å². The summed E-state index contributed by atoms with van der Waals surface area (Å²) in [6.07, 6.45) is 6.20. The molecule has 17 heavy (non-hydrogen) atoms. The van der Waals surface area contributed by atoms with Gasteiger partial charge in [-0.25, -0.2) is 0 Å². The van der Waals surface area contributed by atoms with Gasteiger partial charge in [-0.1, -0.05) is 37.5 Å². The quantitative estimate of drug-likeness (QED) is 0.788. The normalized spacial score (nSPS) is 18.4. The van der Waals surface area contributed by atoms with Crippen molar-refractivity contribution in [3.8, 4) is 11.8 Å². The second-order valence-corrected chi connectivity index (χ2v) is 4.75. The van der Waals surface area contributed by atoms with Gasteiger partial charge in [-0.2, -0.15) is 5.26 Å². The van der Waals surface area contributed by atoms with Crippen molar-refractivity contribution in [1.29, 1.82) is 5.26 Å². The topological polar surface area (TPSA) is 33.0 Å². The number of rotatable bonds is 3. The summed E-state index contributed by atoms with van der Waals surface area (Å²) in [6, 6.07) is 10.4. The van der Waals surface area contributed by atoms with Crippen LogP contribution in [0.1, 0.15) is 43.6 Å². The average Bonchev–Trinajstić information content (AvgIpc) is 2.41. The first-order chi connectivity index (χ1) is 8.36. The fourth-order valence-electron chi connectivity index (χ4n) is 2.82. The predicted molar refractivity (Wildman–Crippen MR) is 67.9 cm³/mol. The lowest BCUT2D eigenvalue weighted by atomic mass is 9.77. The zero-order chi connectivity index (χ0) is 12.1. The largest absolute Gasteiger partial charge is 0.496 e. The minimum absolute atomic E-state index is 0.00792. The van der Waals surface area contributed by atoms with Crippen molar-refractivity contribution in [3.05, 3.63) is 29.8 Å². The summed E-state index contributed by atoms with van der Waals surface area (Å²) in [5.41, 5.74) is 1.06. The van der Waals surface area contributed by atoms with Crippen molar-refractivity contribution >= 4 is 0 Å². The molecule has 2 nitrogen and oxygen atoms in total. The molecule has 90 valence electrons. The fourth-order valence-corrected chi connectivity index (χ4v) is 2.82. The minimum Gasteiger partial charge on any atom is -0.496 e. The maximum Gasteiger partial charge on any atom is 0.123 e. The molecule has 0 aromatic heterocycles. The molecule has 2 rings (SSSR count). The molecule has 1 atom stereocenters. The number of nitriles is 1. The fraction of sp³-hybridized carbons (Fsp3) is 0.533. The first-order valence-electron chi connectivity index (χ1n) is 6.39. The SMILES string of the molecule is COc1ccccc1C(C#N)C1CCCCC1. The molecular formula is C15H19NO. The summed E-state index contributed by atoms with van der Waals surface area (Å²) in [4.78, 5) is 0. The van der Waals surface area contributed by atoms with E-state index in [1.165, 1.54) is 32.1 Å². The molecule has 0 heterocycles. The van der Waals surface area contributed by atoms with Crippen LogP contribution in [0.15, 0.2) is 24.3 Å². The van der Waals surface area contributed by atoms with Crippen LogP contribution in [-0.2, 0) is 0 Å². The minimum atomic E-state index is -0.00792. The zero-order valence-electron chi connectivity index (χ0n) is 10.4. The third-order valence-electron chi connectivity index (χ3n) is 3.73. The molecule has 0 spiro atoms. The Morgan fingerprint density at radius 2 is 1.94 bits per heavy atom. The number of nitrogens with zero attached hydrogens (tertiary/aromatic N) is 1. The van der Waals surface area contributed by atoms with E-state index in [4.69, 9.17) is 4.74 Å². The summed E-state index contributed by atoms with van der Waals surface area (Å²) in [5.74, 6) is 1.35. The summed E-state index contributed by atoms with van der Waals surface area (Å²) in [7, 11) is 1.67. The predicted octanol–water partition coefficient (Wildman–Crippen LogP) is 3.88. The van der Waals surface area contributed by atoms with Gasteiger partial charge >= 0.3 is 0 Å². The summed E-state index contributed by atoms with van der Waals surface area (Å²) in [6.45, 7) is 0. The molecule has 0 radical (unpaired) electrons. The number of benzene rings is 1. The van der Waals surface area contributed by atoms with Crippen LogP contribution in [0.4, 0.5) is 0 Å². The molecule has 1 saturated carbocycles. The lowest BCUT2D eigenvalue weighted by Gasteiger charge is -2.26. The molecule has 2 heteroatoms. The van der Waals surface area contributed by atoms with Crippen LogP contribution >= 0.6 is 0 Å². The van der Waals surface area contributed by atoms with E-state index in [-0.39, 0.29) is 5.92 Å². The van der Waals surface area contributed by atoms with Crippen LogP contribution < -0.4 is 4.74 Å². The van der Waals surface area contributed by atoms with E-state index >= 15 is 0 Å². The Balaban J connectivity index is 2.25. The van der Waals surface area contributed by atoms with Crippen LogP contribution in [0, 0.1) is 17.2 Å². The second-order valence-electron chi connectivity index (χ2n) is 4.75. The van der Waals surface area contributed by atoms with Gasteiger partial charge in [-0.15, -0.1) is 0 Å². The Morgan fingerprint density at radius 1 is 1.24 bits per heavy atom. The van der Waals surface area contributed by atoms with Gasteiger partial charge in [0.25, 0.3) is 0 Å². The summed E-state index contributed by atoms with van der Waals surface area (Å²) in [5, 5.41) is 9.45. The Kier molecular flexibility index (Phi) is 4.03. The Labute approximate surface area is 103 Å². The molecule has 1 unspecified atom stereocenters. The van der Waals surface area contributed by atoms with Gasteiger partial charge in [-0.05, 0) is 24.8 Å². The molecule has 1 aliphatic rings. The molecule has 0 bridgehead atoms. The molecular weight excluding hydrogens is 210 g/mol. The van der Waals surface area contributed by atoms with Crippen LogP contribution in [0.25, 0.3) is 0 Å². The highest BCUT2D eigenvalue weighted by Gasteiger charge is 2.26. The number of ether oxygens (including phenoxy) is 1. The standard InChI is InChI=1S/C15H19NO/c1-17-15-10-6-5-9-13(15)14(11-16)12-7-3-2-4-8-12/h5-6,9-10,12,14H,2-4,7-8H2,1H3. The lowest BCUT2D eigenvalue weighted by molar-refractivity contribution is 0.328. The highest BCUT2D eigenvalue weighted by atomic mass is 16.5. The molecule has 1 aromatic rings. The van der Waals surface area contributed by atoms with Gasteiger partial charge in [-0.3, -0.25) is 0 Å². The first kappa shape index (κ1) is 12.0. The van der Waals surface area contributed by atoms with Gasteiger partial charge in [0.2, 0.25) is 0 Å². The first-order valence-corrected chi connectivity index (χ1v) is 6.39. The number of para-hydroxylation sites is 1. The van der Waals surface area contributed by atoms with Gasteiger partial charge in [0.15, 0.2) is 0 Å². The van der Waals surface area contributed by atoms with Crippen molar-refractivity contribution in [2.75, 3.05) is 7.11 Å². The molecule has 1 aromatic carbocycles. The monoisotopic (exact) mass is 229 g/mol. The molecule has 0 amide bonds. The van der Waals surface area contributed by atoms with Crippen LogP contribution in [0.2, 0.25) is 0 Å². The van der Waals surface area contributed by atoms with Crippen molar-refractivity contribution < 1.29 is 4.74 Å². The zero-order valence-corrected chi connectivity index (χ0v) is 10.4. The third-order valence-corrected chi connectivity index (χ3v) is 3.73. The van der Waals surface area contributed by atoms with Crippen LogP contribution in [-0.4, -0.2) is 7.11 Å². The third kappa shape index (κ3) is 2.61. The maximum absolute atomic E-state index is 9.45. The molecule has 1 fully saturated rings. The number of hydrogen-bond acceptors (Lipinski definition) is 2. The van der Waals surface area contributed by atoms with Crippen molar-refractivity contribution in [3.63, 3.8) is 0 Å². The number of hydrogen-bond donors (Lipinski definition) is 0. The molecule has 0 N–H and O–H groups in total. The van der Waals surface area contributed by atoms with Gasteiger partial charge in [0.05, 0.1) is 19.1 Å². The smallest absolute Gasteiger partial charge is 0.123 e. The Hall–Kier alpha value is -1.49. The molecule has 0 saturated heterocycles. The summed E-state index contributed by atoms with van der Waals surface area (Å²) >= 11 is 0. The highest BCUT2D eigenvalue weighted by molar-refractivity contribution is 5.39. The van der Waals surface area contributed by atoms with Crippen molar-refractivity contribution in [2.45, 2.75) is 38.0 Å². The van der Waals surface area contributed by atoms with Gasteiger partial charge < -0.3 is 4.74 Å². The number of methoxy groups -OCH3 is 1. The van der Waals surface area contributed by atoms with E-state index in [0.29, 0.717) is 5.92 Å². The molecule has 1 aliphatic carbocycles. The van der Waals surface area contributed by atoms with Gasteiger partial charge in [0, 0.05) is 5.56 Å². The summed E-state index contributed by atoms with van der Waals surface area (Å²) < 4.78 is 5.37. The molecule has 0 aliphatic heterocycles. The van der Waals surface area contributed by atoms with E-state index in [2.05, 4.69) is 6.07 Å². The van der Waals surface area contributed by atoms with Crippen LogP contribution in [0.3, 0.4) is 0 Å². The van der Waals surface area contributed by atoms with E-state index in [1.54, 1.807) is 7.11 Å². The van der Waals surface area contributed by atoms with Gasteiger partial charge in [0.1, 0.15) is 5.75 Å². The van der Waals surface area contributed by atoms with Crippen molar-refractivity contribution in [1.82, 2.24) is 0 Å². The second kappa shape index (κ2) is 5.72. The van der Waals surface area contributed by atoms with E-state index < -0.39 is 0 Å². The van der Waals surface area contributed by atoms with E-state index in [9.17, 15) is 5.26 Å². The highest BCUT2D eigenvalue weighted by Crippen LogP contribution is 2.38. The Bertz CT molecular complexity index is 402. The van der Waals surface area contributed by atoms with E-state index in [0.717, 1.165) is 11.3 Å².